The van der Waals surface area contributed by atoms with Gasteiger partial charge in [0.2, 0.25) is 5.91 Å². The van der Waals surface area contributed by atoms with Crippen LogP contribution < -0.4 is 21.3 Å². The minimum Gasteiger partial charge on any atom is -0.378 e. The first-order valence-corrected chi connectivity index (χ1v) is 10.6. The van der Waals surface area contributed by atoms with Crippen LogP contribution in [0.3, 0.4) is 0 Å². The highest BCUT2D eigenvalue weighted by atomic mass is 16.5. The van der Waals surface area contributed by atoms with Gasteiger partial charge in [-0.1, -0.05) is 12.1 Å². The third-order valence-electron chi connectivity index (χ3n) is 5.26. The number of ether oxygens (including phenoxy) is 1. The molecule has 162 valence electrons. The average Bonchev–Trinajstić information content (AvgIpc) is 2.81. The Bertz CT molecular complexity index is 1020. The first-order chi connectivity index (χ1) is 15.2. The van der Waals surface area contributed by atoms with E-state index in [-0.39, 0.29) is 12.5 Å². The second-order valence-electron chi connectivity index (χ2n) is 7.50. The zero-order valence-electron chi connectivity index (χ0n) is 17.5. The van der Waals surface area contributed by atoms with Crippen LogP contribution in [0.5, 0.6) is 0 Å². The number of anilines is 2. The molecule has 0 saturated carbocycles. The van der Waals surface area contributed by atoms with Gasteiger partial charge < -0.3 is 26.0 Å². The third kappa shape index (κ3) is 5.48. The van der Waals surface area contributed by atoms with E-state index in [4.69, 9.17) is 15.5 Å². The Labute approximate surface area is 181 Å². The lowest BCUT2D eigenvalue weighted by Gasteiger charge is -2.28. The van der Waals surface area contributed by atoms with E-state index in [1.165, 1.54) is 5.69 Å². The summed E-state index contributed by atoms with van der Waals surface area (Å²) in [5.41, 5.74) is 9.18. The lowest BCUT2D eigenvalue weighted by atomic mass is 10.1. The Balaban J connectivity index is 1.49. The van der Waals surface area contributed by atoms with Crippen LogP contribution in [0.25, 0.3) is 22.2 Å². The van der Waals surface area contributed by atoms with Crippen LogP contribution >= 0.6 is 0 Å². The van der Waals surface area contributed by atoms with Gasteiger partial charge in [-0.15, -0.1) is 0 Å². The van der Waals surface area contributed by atoms with Crippen molar-refractivity contribution in [2.75, 3.05) is 56.2 Å². The number of rotatable bonds is 9. The van der Waals surface area contributed by atoms with Crippen molar-refractivity contribution in [1.82, 2.24) is 15.3 Å². The molecule has 0 atom stereocenters. The standard InChI is InChI=1S/C23H28N6O2/c24-22(30)16-25-8-2-10-27-23-19-3-1-9-26-21(19)15-20(28-23)17-4-6-18(7-5-17)29-11-13-31-14-12-29/h1,3-7,9,15,25H,2,8,10-14,16H2,(H2,24,30)(H,27,28). The lowest BCUT2D eigenvalue weighted by molar-refractivity contribution is -0.117. The van der Waals surface area contributed by atoms with E-state index in [0.717, 1.165) is 67.2 Å². The molecule has 1 fully saturated rings. The fourth-order valence-corrected chi connectivity index (χ4v) is 3.65. The molecule has 0 spiro atoms. The first kappa shape index (κ1) is 21.0. The fraction of sp³-hybridized carbons (Fsp3) is 0.348. The number of nitrogens with two attached hydrogens (primary N) is 1. The summed E-state index contributed by atoms with van der Waals surface area (Å²) in [7, 11) is 0. The molecule has 4 rings (SSSR count). The SMILES string of the molecule is NC(=O)CNCCCNc1nc(-c2ccc(N3CCOCC3)cc2)cc2ncccc12. The predicted octanol–water partition coefficient (Wildman–Crippen LogP) is 2.01. The van der Waals surface area contributed by atoms with Gasteiger partial charge in [-0.05, 0) is 43.3 Å². The zero-order valence-corrected chi connectivity index (χ0v) is 17.5. The Morgan fingerprint density at radius 3 is 2.71 bits per heavy atom. The van der Waals surface area contributed by atoms with Crippen LogP contribution in [0.1, 0.15) is 6.42 Å². The van der Waals surface area contributed by atoms with E-state index in [2.05, 4.69) is 44.8 Å². The zero-order chi connectivity index (χ0) is 21.5. The van der Waals surface area contributed by atoms with Gasteiger partial charge in [-0.25, -0.2) is 4.98 Å². The summed E-state index contributed by atoms with van der Waals surface area (Å²) in [6.07, 6.45) is 2.64. The number of morpholine rings is 1. The van der Waals surface area contributed by atoms with Gasteiger partial charge in [0.1, 0.15) is 5.82 Å². The summed E-state index contributed by atoms with van der Waals surface area (Å²) < 4.78 is 5.44. The van der Waals surface area contributed by atoms with Crippen LogP contribution in [0.2, 0.25) is 0 Å². The van der Waals surface area contributed by atoms with Crippen molar-refractivity contribution >= 4 is 28.3 Å². The maximum absolute atomic E-state index is 10.8. The molecule has 0 bridgehead atoms. The topological polar surface area (TPSA) is 105 Å². The molecular weight excluding hydrogens is 392 g/mol. The highest BCUT2D eigenvalue weighted by Gasteiger charge is 2.12. The molecule has 4 N–H and O–H groups in total. The van der Waals surface area contributed by atoms with Gasteiger partial charge in [0, 0.05) is 42.5 Å². The van der Waals surface area contributed by atoms with E-state index in [0.29, 0.717) is 6.54 Å². The summed E-state index contributed by atoms with van der Waals surface area (Å²) in [5.74, 6) is 0.465. The number of carbonyl (C=O) groups excluding carboxylic acids is 1. The minimum atomic E-state index is -0.348. The van der Waals surface area contributed by atoms with Crippen molar-refractivity contribution in [3.8, 4) is 11.3 Å². The van der Waals surface area contributed by atoms with Crippen molar-refractivity contribution in [1.29, 1.82) is 0 Å². The number of amides is 1. The van der Waals surface area contributed by atoms with E-state index in [1.54, 1.807) is 6.20 Å². The van der Waals surface area contributed by atoms with Gasteiger partial charge in [0.15, 0.2) is 0 Å². The Morgan fingerprint density at radius 1 is 1.13 bits per heavy atom. The molecule has 1 aliphatic rings. The average molecular weight is 421 g/mol. The smallest absolute Gasteiger partial charge is 0.231 e. The molecule has 0 radical (unpaired) electrons. The third-order valence-corrected chi connectivity index (χ3v) is 5.26. The Hall–Kier alpha value is -3.23. The largest absolute Gasteiger partial charge is 0.378 e. The molecule has 8 nitrogen and oxygen atoms in total. The van der Waals surface area contributed by atoms with Crippen molar-refractivity contribution in [2.24, 2.45) is 5.73 Å². The highest BCUT2D eigenvalue weighted by molar-refractivity contribution is 5.92. The summed E-state index contributed by atoms with van der Waals surface area (Å²) in [5, 5.41) is 7.43. The van der Waals surface area contributed by atoms with Gasteiger partial charge in [-0.3, -0.25) is 9.78 Å². The number of primary amides is 1. The molecule has 31 heavy (non-hydrogen) atoms. The van der Waals surface area contributed by atoms with E-state index >= 15 is 0 Å². The molecule has 0 unspecified atom stereocenters. The molecule has 1 aromatic carbocycles. The number of carbonyl (C=O) groups is 1. The number of hydrogen-bond donors (Lipinski definition) is 3. The number of aromatic nitrogens is 2. The molecule has 8 heteroatoms. The van der Waals surface area contributed by atoms with Crippen LogP contribution in [0, 0.1) is 0 Å². The van der Waals surface area contributed by atoms with Crippen LogP contribution in [0.4, 0.5) is 11.5 Å². The molecule has 1 aliphatic heterocycles. The van der Waals surface area contributed by atoms with Gasteiger partial charge in [0.25, 0.3) is 0 Å². The van der Waals surface area contributed by atoms with Crippen molar-refractivity contribution in [3.63, 3.8) is 0 Å². The van der Waals surface area contributed by atoms with E-state index in [1.807, 2.05) is 18.2 Å². The van der Waals surface area contributed by atoms with E-state index in [9.17, 15) is 4.79 Å². The number of fused-ring (bicyclic) bond motifs is 1. The number of pyridine rings is 2. The summed E-state index contributed by atoms with van der Waals surface area (Å²) in [4.78, 5) is 22.5. The quantitative estimate of drug-likeness (QED) is 0.455. The number of benzene rings is 1. The molecule has 1 amide bonds. The summed E-state index contributed by atoms with van der Waals surface area (Å²) >= 11 is 0. The van der Waals surface area contributed by atoms with Gasteiger partial charge in [0.05, 0.1) is 31.0 Å². The maximum Gasteiger partial charge on any atom is 0.231 e. The molecule has 0 aliphatic carbocycles. The minimum absolute atomic E-state index is 0.195. The fourth-order valence-electron chi connectivity index (χ4n) is 3.65. The number of nitrogens with zero attached hydrogens (tertiary/aromatic N) is 3. The highest BCUT2D eigenvalue weighted by Crippen LogP contribution is 2.28. The monoisotopic (exact) mass is 420 g/mol. The Morgan fingerprint density at radius 2 is 1.94 bits per heavy atom. The number of hydrogen-bond acceptors (Lipinski definition) is 7. The van der Waals surface area contributed by atoms with Crippen molar-refractivity contribution in [2.45, 2.75) is 6.42 Å². The first-order valence-electron chi connectivity index (χ1n) is 10.6. The molecule has 1 saturated heterocycles. The lowest BCUT2D eigenvalue weighted by Crippen LogP contribution is -2.36. The van der Waals surface area contributed by atoms with E-state index < -0.39 is 0 Å². The molecular formula is C23H28N6O2. The van der Waals surface area contributed by atoms with Gasteiger partial charge >= 0.3 is 0 Å². The predicted molar refractivity (Wildman–Crippen MR) is 123 cm³/mol. The van der Waals surface area contributed by atoms with Crippen LogP contribution in [-0.2, 0) is 9.53 Å². The summed E-state index contributed by atoms with van der Waals surface area (Å²) in [6, 6.07) is 14.5. The molecule has 2 aromatic heterocycles. The molecule has 3 aromatic rings. The second kappa shape index (κ2) is 10.2. The van der Waals surface area contributed by atoms with Crippen LogP contribution in [0.15, 0.2) is 48.7 Å². The van der Waals surface area contributed by atoms with Crippen LogP contribution in [-0.4, -0.2) is 61.8 Å². The normalized spacial score (nSPS) is 14.0. The Kier molecular flexibility index (Phi) is 6.91. The molecule has 3 heterocycles. The van der Waals surface area contributed by atoms with Crippen molar-refractivity contribution < 1.29 is 9.53 Å². The van der Waals surface area contributed by atoms with Crippen molar-refractivity contribution in [3.05, 3.63) is 48.7 Å². The summed E-state index contributed by atoms with van der Waals surface area (Å²) in [6.45, 7) is 5.00. The van der Waals surface area contributed by atoms with Gasteiger partial charge in [-0.2, -0.15) is 0 Å². The maximum atomic E-state index is 10.8. The number of nitrogens with one attached hydrogen (secondary N) is 2. The second-order valence-corrected chi connectivity index (χ2v) is 7.50.